The molecule has 0 atom stereocenters. The number of aromatic amines is 1. The molecule has 0 aliphatic rings. The number of non-ortho nitro benzene ring substituents is 1. The Hall–Kier alpha value is -2.74. The molecule has 0 radical (unpaired) electrons. The summed E-state index contributed by atoms with van der Waals surface area (Å²) in [6.45, 7) is 5.63. The van der Waals surface area contributed by atoms with Crippen molar-refractivity contribution < 1.29 is 9.66 Å². The third kappa shape index (κ3) is 4.17. The maximum Gasteiger partial charge on any atom is 0.280 e. The van der Waals surface area contributed by atoms with Crippen molar-refractivity contribution in [2.24, 2.45) is 4.99 Å². The topological polar surface area (TPSA) is 103 Å². The number of nitro benzene ring substituents is 1. The first-order valence-corrected chi connectivity index (χ1v) is 7.68. The van der Waals surface area contributed by atoms with Crippen LogP contribution in [-0.2, 0) is 4.74 Å². The molecule has 0 aliphatic carbocycles. The molecule has 8 nitrogen and oxygen atoms in total. The van der Waals surface area contributed by atoms with Crippen LogP contribution in [0.25, 0.3) is 5.69 Å². The van der Waals surface area contributed by atoms with E-state index in [1.54, 1.807) is 13.1 Å². The molecule has 0 amide bonds. The molecule has 0 unspecified atom stereocenters. The van der Waals surface area contributed by atoms with Crippen molar-refractivity contribution in [2.45, 2.75) is 20.3 Å². The molecule has 2 aromatic rings. The molecular weight excluding hydrogens is 312 g/mol. The lowest BCUT2D eigenvalue weighted by Gasteiger charge is -2.00. The summed E-state index contributed by atoms with van der Waals surface area (Å²) in [5.41, 5.74) is 1.43. The Morgan fingerprint density at radius 2 is 2.08 bits per heavy atom. The summed E-state index contributed by atoms with van der Waals surface area (Å²) in [4.78, 5) is 26.9. The molecule has 0 fully saturated rings. The minimum Gasteiger partial charge on any atom is -0.382 e. The average Bonchev–Trinajstić information content (AvgIpc) is 2.86. The first-order chi connectivity index (χ1) is 11.5. The molecular formula is C16H20N4O4. The molecule has 0 aliphatic heterocycles. The van der Waals surface area contributed by atoms with E-state index in [0.717, 1.165) is 6.42 Å². The van der Waals surface area contributed by atoms with Crippen LogP contribution < -0.4 is 5.56 Å². The number of aryl methyl sites for hydroxylation is 1. The van der Waals surface area contributed by atoms with E-state index in [2.05, 4.69) is 10.1 Å². The smallest absolute Gasteiger partial charge is 0.280 e. The second kappa shape index (κ2) is 8.21. The summed E-state index contributed by atoms with van der Waals surface area (Å²) < 4.78 is 6.58. The number of nitrogens with one attached hydrogen (secondary N) is 1. The molecule has 0 spiro atoms. The van der Waals surface area contributed by atoms with Crippen molar-refractivity contribution in [1.29, 1.82) is 0 Å². The standard InChI is InChI=1S/C16H20N4O4/c1-3-24-10-4-9-17-11-15-12(2)18-19(16(15)21)13-5-7-14(8-6-13)20(22)23/h5-8,11,18H,3-4,9-10H2,1-2H3. The van der Waals surface area contributed by atoms with Crippen LogP contribution in [0, 0.1) is 17.0 Å². The van der Waals surface area contributed by atoms with Gasteiger partial charge < -0.3 is 4.74 Å². The summed E-state index contributed by atoms with van der Waals surface area (Å²) in [5.74, 6) is 0. The highest BCUT2D eigenvalue weighted by Gasteiger charge is 2.12. The molecule has 2 rings (SSSR count). The number of aliphatic imine (C=N–C) groups is 1. The number of benzene rings is 1. The average molecular weight is 332 g/mol. The van der Waals surface area contributed by atoms with Crippen molar-refractivity contribution >= 4 is 11.9 Å². The number of H-pyrrole nitrogens is 1. The van der Waals surface area contributed by atoms with Gasteiger partial charge in [0.2, 0.25) is 0 Å². The molecule has 0 saturated carbocycles. The lowest BCUT2D eigenvalue weighted by atomic mass is 10.2. The highest BCUT2D eigenvalue weighted by Crippen LogP contribution is 2.14. The maximum atomic E-state index is 12.5. The number of ether oxygens (including phenoxy) is 1. The lowest BCUT2D eigenvalue weighted by molar-refractivity contribution is -0.384. The van der Waals surface area contributed by atoms with Crippen molar-refractivity contribution in [3.8, 4) is 5.69 Å². The van der Waals surface area contributed by atoms with Crippen molar-refractivity contribution in [2.75, 3.05) is 19.8 Å². The van der Waals surface area contributed by atoms with E-state index in [4.69, 9.17) is 4.74 Å². The molecule has 1 aromatic heterocycles. The van der Waals surface area contributed by atoms with E-state index in [-0.39, 0.29) is 11.2 Å². The van der Waals surface area contributed by atoms with Gasteiger partial charge in [-0.2, -0.15) is 0 Å². The first kappa shape index (κ1) is 17.6. The van der Waals surface area contributed by atoms with Crippen molar-refractivity contribution in [3.63, 3.8) is 0 Å². The Labute approximate surface area is 138 Å². The first-order valence-electron chi connectivity index (χ1n) is 7.68. The van der Waals surface area contributed by atoms with Crippen LogP contribution >= 0.6 is 0 Å². The van der Waals surface area contributed by atoms with Gasteiger partial charge in [-0.3, -0.25) is 25.0 Å². The summed E-state index contributed by atoms with van der Waals surface area (Å²) in [5, 5.41) is 13.6. The van der Waals surface area contributed by atoms with E-state index < -0.39 is 4.92 Å². The minimum atomic E-state index is -0.479. The van der Waals surface area contributed by atoms with Gasteiger partial charge in [0.05, 0.1) is 16.2 Å². The monoisotopic (exact) mass is 332 g/mol. The van der Waals surface area contributed by atoms with E-state index in [1.165, 1.54) is 28.9 Å². The molecule has 0 bridgehead atoms. The van der Waals surface area contributed by atoms with E-state index in [1.807, 2.05) is 6.92 Å². The fraction of sp³-hybridized carbons (Fsp3) is 0.375. The highest BCUT2D eigenvalue weighted by molar-refractivity contribution is 5.80. The van der Waals surface area contributed by atoms with Gasteiger partial charge in [-0.1, -0.05) is 0 Å². The second-order valence-corrected chi connectivity index (χ2v) is 5.15. The predicted molar refractivity (Wildman–Crippen MR) is 91.4 cm³/mol. The molecule has 128 valence electrons. The van der Waals surface area contributed by atoms with Crippen LogP contribution in [0.3, 0.4) is 0 Å². The normalized spacial score (nSPS) is 11.2. The van der Waals surface area contributed by atoms with Gasteiger partial charge >= 0.3 is 0 Å². The van der Waals surface area contributed by atoms with Crippen LogP contribution in [0.15, 0.2) is 34.1 Å². The van der Waals surface area contributed by atoms with Crippen LogP contribution in [0.1, 0.15) is 24.6 Å². The number of hydrogen-bond donors (Lipinski definition) is 1. The fourth-order valence-corrected chi connectivity index (χ4v) is 2.17. The van der Waals surface area contributed by atoms with Gasteiger partial charge in [0.15, 0.2) is 0 Å². The number of rotatable bonds is 8. The summed E-state index contributed by atoms with van der Waals surface area (Å²) >= 11 is 0. The SMILES string of the molecule is CCOCCCN=Cc1c(C)[nH]n(-c2ccc([N+](=O)[O-])cc2)c1=O. The van der Waals surface area contributed by atoms with Crippen LogP contribution in [0.5, 0.6) is 0 Å². The fourth-order valence-electron chi connectivity index (χ4n) is 2.17. The number of hydrogen-bond acceptors (Lipinski definition) is 5. The predicted octanol–water partition coefficient (Wildman–Crippen LogP) is 2.23. The van der Waals surface area contributed by atoms with Gasteiger partial charge in [0.1, 0.15) is 0 Å². The van der Waals surface area contributed by atoms with E-state index in [0.29, 0.717) is 36.7 Å². The zero-order valence-corrected chi connectivity index (χ0v) is 13.7. The zero-order valence-electron chi connectivity index (χ0n) is 13.7. The zero-order chi connectivity index (χ0) is 17.5. The van der Waals surface area contributed by atoms with Gasteiger partial charge in [0, 0.05) is 43.8 Å². The van der Waals surface area contributed by atoms with Crippen LogP contribution in [0.4, 0.5) is 5.69 Å². The molecule has 1 N–H and O–H groups in total. The number of nitro groups is 1. The number of aromatic nitrogens is 2. The Kier molecular flexibility index (Phi) is 6.02. The second-order valence-electron chi connectivity index (χ2n) is 5.15. The maximum absolute atomic E-state index is 12.5. The van der Waals surface area contributed by atoms with Gasteiger partial charge in [0.25, 0.3) is 11.2 Å². The Morgan fingerprint density at radius 3 is 2.71 bits per heavy atom. The largest absolute Gasteiger partial charge is 0.382 e. The van der Waals surface area contributed by atoms with Crippen LogP contribution in [0.2, 0.25) is 0 Å². The third-order valence-corrected chi connectivity index (χ3v) is 3.44. The highest BCUT2D eigenvalue weighted by atomic mass is 16.6. The van der Waals surface area contributed by atoms with Gasteiger partial charge in [-0.15, -0.1) is 0 Å². The van der Waals surface area contributed by atoms with Crippen molar-refractivity contribution in [1.82, 2.24) is 9.78 Å². The van der Waals surface area contributed by atoms with Crippen molar-refractivity contribution in [3.05, 3.63) is 56.0 Å². The van der Waals surface area contributed by atoms with Crippen LogP contribution in [-0.4, -0.2) is 40.7 Å². The Morgan fingerprint density at radius 1 is 1.38 bits per heavy atom. The molecule has 0 saturated heterocycles. The van der Waals surface area contributed by atoms with E-state index in [9.17, 15) is 14.9 Å². The lowest BCUT2D eigenvalue weighted by Crippen LogP contribution is -2.17. The third-order valence-electron chi connectivity index (χ3n) is 3.44. The number of nitrogens with zero attached hydrogens (tertiary/aromatic N) is 3. The van der Waals surface area contributed by atoms with Gasteiger partial charge in [-0.25, -0.2) is 4.68 Å². The summed E-state index contributed by atoms with van der Waals surface area (Å²) in [6.07, 6.45) is 2.35. The Bertz CT molecular complexity index is 774. The molecule has 1 heterocycles. The van der Waals surface area contributed by atoms with E-state index >= 15 is 0 Å². The molecule has 24 heavy (non-hydrogen) atoms. The minimum absolute atomic E-state index is 0.0221. The summed E-state index contributed by atoms with van der Waals surface area (Å²) in [6, 6.07) is 5.77. The Balaban J connectivity index is 2.15. The molecule has 8 heteroatoms. The quantitative estimate of drug-likeness (QED) is 0.346. The summed E-state index contributed by atoms with van der Waals surface area (Å²) in [7, 11) is 0. The van der Waals surface area contributed by atoms with Gasteiger partial charge in [-0.05, 0) is 32.4 Å². The molecule has 1 aromatic carbocycles.